The van der Waals surface area contributed by atoms with Gasteiger partial charge in [-0.2, -0.15) is 0 Å². The van der Waals surface area contributed by atoms with Gasteiger partial charge in [0.25, 0.3) is 13.9 Å². The van der Waals surface area contributed by atoms with Crippen molar-refractivity contribution >= 4 is 18.7 Å². The summed E-state index contributed by atoms with van der Waals surface area (Å²) < 4.78 is 21.8. The molecule has 3 aromatic carbocycles. The van der Waals surface area contributed by atoms with Gasteiger partial charge in [0.05, 0.1) is 13.2 Å². The van der Waals surface area contributed by atoms with Crippen LogP contribution in [0.1, 0.15) is 45.4 Å². The Morgan fingerprint density at radius 2 is 1.57 bits per heavy atom. The standard InChI is InChI=1S/C35H41N5O6Si/c1-34(2,3)47(27-16-9-5-10-17-27,28-18-11-6-12-19-28)45-25-35(21-13-22-37-39-36)31(44-24-26-14-7-4-8-15-26)30(42)32(46-35)40-23-20-29(41)38-33(40)43/h4-12,14-20,23,30-32,42H,13,21-22,24-25H2,1-3H3,(H,38,41,43)/t30-,31+,32-,35-/m1/s1. The molecule has 0 radical (unpaired) electrons. The summed E-state index contributed by atoms with van der Waals surface area (Å²) in [7, 11) is -3.09. The molecule has 0 saturated carbocycles. The number of H-pyrrole nitrogens is 1. The van der Waals surface area contributed by atoms with Crippen LogP contribution >= 0.6 is 0 Å². The van der Waals surface area contributed by atoms with Gasteiger partial charge in [0, 0.05) is 23.7 Å². The van der Waals surface area contributed by atoms with Gasteiger partial charge in [-0.05, 0) is 39.3 Å². The van der Waals surface area contributed by atoms with Gasteiger partial charge in [-0.1, -0.05) is 117 Å². The second kappa shape index (κ2) is 14.6. The fraction of sp³-hybridized carbons (Fsp3) is 0.371. The molecule has 1 saturated heterocycles. The number of aliphatic hydroxyl groups excluding tert-OH is 1. The Bertz CT molecular complexity index is 1730. The summed E-state index contributed by atoms with van der Waals surface area (Å²) >= 11 is 0. The number of nitrogens with one attached hydrogen (secondary N) is 1. The SMILES string of the molecule is CC(C)(C)[Si](OC[C@@]1(CCCN=[N+]=[N-])O[C@@H](n2ccc(=O)[nH]c2=O)[C@H](O)[C@@H]1OCc1ccccc1)(c1ccccc1)c1ccccc1. The molecule has 0 aliphatic carbocycles. The van der Waals surface area contributed by atoms with E-state index in [-0.39, 0.29) is 31.2 Å². The lowest BCUT2D eigenvalue weighted by atomic mass is 9.90. The molecular formula is C35H41N5O6Si. The van der Waals surface area contributed by atoms with Gasteiger partial charge >= 0.3 is 5.69 Å². The van der Waals surface area contributed by atoms with Crippen molar-refractivity contribution < 1.29 is 19.0 Å². The molecule has 246 valence electrons. The van der Waals surface area contributed by atoms with Crippen molar-refractivity contribution in [1.82, 2.24) is 9.55 Å². The van der Waals surface area contributed by atoms with Crippen LogP contribution in [0.3, 0.4) is 0 Å². The molecule has 12 heteroatoms. The molecule has 2 heterocycles. The quantitative estimate of drug-likeness (QED) is 0.0716. The lowest BCUT2D eigenvalue weighted by molar-refractivity contribution is -0.145. The molecular weight excluding hydrogens is 615 g/mol. The second-order valence-electron chi connectivity index (χ2n) is 12.8. The zero-order valence-electron chi connectivity index (χ0n) is 26.9. The molecule has 1 aliphatic rings. The summed E-state index contributed by atoms with van der Waals surface area (Å²) in [5.74, 6) is 0. The third kappa shape index (κ3) is 7.18. The summed E-state index contributed by atoms with van der Waals surface area (Å²) in [5, 5.41) is 17.4. The van der Waals surface area contributed by atoms with Crippen molar-refractivity contribution in [3.05, 3.63) is 140 Å². The highest BCUT2D eigenvalue weighted by atomic mass is 28.4. The average molecular weight is 656 g/mol. The Kier molecular flexibility index (Phi) is 10.6. The Balaban J connectivity index is 1.63. The number of hydrogen-bond donors (Lipinski definition) is 2. The van der Waals surface area contributed by atoms with Gasteiger partial charge in [0.15, 0.2) is 6.23 Å². The summed E-state index contributed by atoms with van der Waals surface area (Å²) in [6, 6.07) is 31.1. The number of aromatic nitrogens is 2. The number of hydrogen-bond acceptors (Lipinski definition) is 7. The first-order chi connectivity index (χ1) is 22.6. The summed E-state index contributed by atoms with van der Waals surface area (Å²) in [5.41, 5.74) is 7.32. The van der Waals surface area contributed by atoms with Crippen LogP contribution in [0, 0.1) is 0 Å². The van der Waals surface area contributed by atoms with Crippen LogP contribution in [0.5, 0.6) is 0 Å². The molecule has 1 aliphatic heterocycles. The number of benzene rings is 3. The highest BCUT2D eigenvalue weighted by Gasteiger charge is 2.59. The van der Waals surface area contributed by atoms with Gasteiger partial charge in [0.1, 0.15) is 17.8 Å². The number of nitrogens with zero attached hydrogens (tertiary/aromatic N) is 4. The number of azide groups is 1. The fourth-order valence-electron chi connectivity index (χ4n) is 6.57. The highest BCUT2D eigenvalue weighted by molar-refractivity contribution is 6.99. The third-order valence-corrected chi connectivity index (χ3v) is 13.7. The normalized spacial score (nSPS) is 21.3. The predicted molar refractivity (Wildman–Crippen MR) is 182 cm³/mol. The van der Waals surface area contributed by atoms with E-state index in [0.717, 1.165) is 15.9 Å². The maximum atomic E-state index is 13.0. The van der Waals surface area contributed by atoms with Crippen LogP contribution in [0.25, 0.3) is 10.4 Å². The highest BCUT2D eigenvalue weighted by Crippen LogP contribution is 2.44. The zero-order chi connectivity index (χ0) is 33.5. The predicted octanol–water partition coefficient (Wildman–Crippen LogP) is 4.42. The van der Waals surface area contributed by atoms with E-state index in [0.29, 0.717) is 6.42 Å². The first kappa shape index (κ1) is 34.1. The van der Waals surface area contributed by atoms with Crippen molar-refractivity contribution in [2.45, 2.75) is 69.3 Å². The van der Waals surface area contributed by atoms with Gasteiger partial charge < -0.3 is 19.0 Å². The molecule has 4 atom stereocenters. The number of aliphatic hydroxyl groups is 1. The number of aromatic amines is 1. The molecule has 5 rings (SSSR count). The van der Waals surface area contributed by atoms with Crippen molar-refractivity contribution in [3.8, 4) is 0 Å². The third-order valence-electron chi connectivity index (χ3n) is 8.75. The van der Waals surface area contributed by atoms with Crippen molar-refractivity contribution in [2.24, 2.45) is 5.11 Å². The van der Waals surface area contributed by atoms with Crippen LogP contribution in [-0.4, -0.2) is 53.9 Å². The van der Waals surface area contributed by atoms with Crippen molar-refractivity contribution in [1.29, 1.82) is 0 Å². The maximum Gasteiger partial charge on any atom is 0.330 e. The van der Waals surface area contributed by atoms with Gasteiger partial charge in [-0.3, -0.25) is 14.3 Å². The van der Waals surface area contributed by atoms with Gasteiger partial charge in [0.2, 0.25) is 0 Å². The van der Waals surface area contributed by atoms with Crippen LogP contribution < -0.4 is 21.6 Å². The summed E-state index contributed by atoms with van der Waals surface area (Å²) in [6.07, 6.45) is -1.47. The molecule has 0 bridgehead atoms. The van der Waals surface area contributed by atoms with Crippen LogP contribution in [0.15, 0.2) is 118 Å². The smallest absolute Gasteiger partial charge is 0.330 e. The van der Waals surface area contributed by atoms with Gasteiger partial charge in [-0.25, -0.2) is 4.79 Å². The summed E-state index contributed by atoms with van der Waals surface area (Å²) in [6.45, 7) is 6.86. The number of ether oxygens (including phenoxy) is 2. The van der Waals surface area contributed by atoms with Crippen LogP contribution in [0.2, 0.25) is 5.04 Å². The fourth-order valence-corrected chi connectivity index (χ4v) is 11.2. The maximum absolute atomic E-state index is 13.0. The van der Waals surface area contributed by atoms with Crippen LogP contribution in [-0.2, 0) is 20.5 Å². The Hall–Kier alpha value is -4.29. The van der Waals surface area contributed by atoms with E-state index < -0.39 is 43.6 Å². The molecule has 2 N–H and O–H groups in total. The minimum absolute atomic E-state index is 0.00166. The number of rotatable bonds is 13. The lowest BCUT2D eigenvalue weighted by Gasteiger charge is -2.46. The lowest BCUT2D eigenvalue weighted by Crippen LogP contribution is -2.68. The molecule has 0 spiro atoms. The minimum atomic E-state index is -3.09. The molecule has 1 fully saturated rings. The molecule has 1 aromatic heterocycles. The monoisotopic (exact) mass is 655 g/mol. The van der Waals surface area contributed by atoms with E-state index in [4.69, 9.17) is 19.4 Å². The topological polar surface area (TPSA) is 152 Å². The van der Waals surface area contributed by atoms with Crippen molar-refractivity contribution in [2.75, 3.05) is 13.2 Å². The van der Waals surface area contributed by atoms with Crippen LogP contribution in [0.4, 0.5) is 0 Å². The summed E-state index contributed by atoms with van der Waals surface area (Å²) in [4.78, 5) is 30.1. The Labute approximate surface area is 274 Å². The molecule has 47 heavy (non-hydrogen) atoms. The molecule has 0 amide bonds. The molecule has 4 aromatic rings. The molecule has 0 unspecified atom stereocenters. The first-order valence-electron chi connectivity index (χ1n) is 15.7. The van der Waals surface area contributed by atoms with E-state index in [2.05, 4.69) is 60.0 Å². The Morgan fingerprint density at radius 1 is 0.979 bits per heavy atom. The van der Waals surface area contributed by atoms with Gasteiger partial charge in [-0.15, -0.1) is 0 Å². The largest absolute Gasteiger partial charge is 0.404 e. The van der Waals surface area contributed by atoms with E-state index in [9.17, 15) is 14.7 Å². The van der Waals surface area contributed by atoms with E-state index >= 15 is 0 Å². The first-order valence-corrected chi connectivity index (χ1v) is 17.6. The average Bonchev–Trinajstić information content (AvgIpc) is 3.33. The zero-order valence-corrected chi connectivity index (χ0v) is 27.9. The minimum Gasteiger partial charge on any atom is -0.404 e. The van der Waals surface area contributed by atoms with E-state index in [1.807, 2.05) is 66.7 Å². The Morgan fingerprint density at radius 3 is 2.13 bits per heavy atom. The second-order valence-corrected chi connectivity index (χ2v) is 17.1. The van der Waals surface area contributed by atoms with E-state index in [1.165, 1.54) is 16.8 Å². The van der Waals surface area contributed by atoms with E-state index in [1.54, 1.807) is 0 Å². The van der Waals surface area contributed by atoms with Crippen molar-refractivity contribution in [3.63, 3.8) is 0 Å². The molecule has 11 nitrogen and oxygen atoms in total.